The third-order valence-corrected chi connectivity index (χ3v) is 3.38. The third-order valence-electron chi connectivity index (χ3n) is 3.09. The van der Waals surface area contributed by atoms with E-state index in [9.17, 15) is 0 Å². The molecule has 1 heterocycles. The first-order valence-electron chi connectivity index (χ1n) is 6.31. The minimum absolute atomic E-state index is 0.0894. The van der Waals surface area contributed by atoms with Gasteiger partial charge in [-0.25, -0.2) is 0 Å². The van der Waals surface area contributed by atoms with Crippen LogP contribution < -0.4 is 5.73 Å². The maximum absolute atomic E-state index is 6.34. The van der Waals surface area contributed by atoms with Crippen molar-refractivity contribution in [3.8, 4) is 0 Å². The summed E-state index contributed by atoms with van der Waals surface area (Å²) >= 11 is 6.21. The molecule has 1 aromatic rings. The molecule has 0 spiro atoms. The zero-order valence-electron chi connectivity index (χ0n) is 12.3. The van der Waals surface area contributed by atoms with Gasteiger partial charge >= 0.3 is 0 Å². The lowest BCUT2D eigenvalue weighted by Crippen LogP contribution is -2.40. The minimum Gasteiger partial charge on any atom is -0.383 e. The zero-order valence-corrected chi connectivity index (χ0v) is 13.1. The predicted octanol–water partition coefficient (Wildman–Crippen LogP) is 2.24. The number of aromatic nitrogens is 2. The van der Waals surface area contributed by atoms with Gasteiger partial charge in [0.2, 0.25) is 0 Å². The Kier molecular flexibility index (Phi) is 5.80. The molecule has 19 heavy (non-hydrogen) atoms. The lowest BCUT2D eigenvalue weighted by Gasteiger charge is -2.34. The average molecular weight is 290 g/mol. The molecule has 0 amide bonds. The van der Waals surface area contributed by atoms with E-state index in [1.54, 1.807) is 25.1 Å². The fourth-order valence-corrected chi connectivity index (χ4v) is 2.51. The molecule has 0 radical (unpaired) electrons. The Bertz CT molecular complexity index is 401. The van der Waals surface area contributed by atoms with Crippen LogP contribution in [0.2, 0.25) is 5.02 Å². The maximum atomic E-state index is 6.34. The van der Waals surface area contributed by atoms with Crippen molar-refractivity contribution >= 4 is 11.6 Å². The zero-order chi connectivity index (χ0) is 14.6. The van der Waals surface area contributed by atoms with E-state index < -0.39 is 0 Å². The summed E-state index contributed by atoms with van der Waals surface area (Å²) in [6.07, 6.45) is 1.46. The van der Waals surface area contributed by atoms with Crippen LogP contribution in [0.5, 0.6) is 0 Å². The Morgan fingerprint density at radius 3 is 2.53 bits per heavy atom. The Balaban J connectivity index is 3.03. The van der Waals surface area contributed by atoms with Gasteiger partial charge in [-0.05, 0) is 5.41 Å². The Morgan fingerprint density at radius 1 is 1.42 bits per heavy atom. The molecule has 6 heteroatoms. The van der Waals surface area contributed by atoms with Crippen LogP contribution >= 0.6 is 11.6 Å². The van der Waals surface area contributed by atoms with Gasteiger partial charge in [-0.1, -0.05) is 32.4 Å². The monoisotopic (exact) mass is 289 g/mol. The first-order valence-corrected chi connectivity index (χ1v) is 6.69. The SMILES string of the molecule is COCCn1ncc(Cl)c1C(N)C(OC)C(C)(C)C. The van der Waals surface area contributed by atoms with Crippen molar-refractivity contribution in [2.24, 2.45) is 11.1 Å². The average Bonchev–Trinajstić information content (AvgIpc) is 2.66. The molecule has 110 valence electrons. The van der Waals surface area contributed by atoms with E-state index >= 15 is 0 Å². The van der Waals surface area contributed by atoms with Gasteiger partial charge in [0.05, 0.1) is 42.2 Å². The second-order valence-electron chi connectivity index (χ2n) is 5.64. The summed E-state index contributed by atoms with van der Waals surface area (Å²) in [4.78, 5) is 0. The topological polar surface area (TPSA) is 62.3 Å². The van der Waals surface area contributed by atoms with Gasteiger partial charge in [0, 0.05) is 14.2 Å². The van der Waals surface area contributed by atoms with Gasteiger partial charge < -0.3 is 15.2 Å². The molecule has 0 saturated heterocycles. The molecule has 0 aromatic carbocycles. The molecular weight excluding hydrogens is 266 g/mol. The molecule has 0 saturated carbocycles. The van der Waals surface area contributed by atoms with Gasteiger partial charge in [0.15, 0.2) is 0 Å². The second-order valence-corrected chi connectivity index (χ2v) is 6.05. The van der Waals surface area contributed by atoms with Crippen molar-refractivity contribution < 1.29 is 9.47 Å². The van der Waals surface area contributed by atoms with Crippen molar-refractivity contribution in [1.82, 2.24) is 9.78 Å². The Morgan fingerprint density at radius 2 is 2.05 bits per heavy atom. The molecule has 0 fully saturated rings. The molecule has 1 rings (SSSR count). The number of hydrogen-bond donors (Lipinski definition) is 1. The smallest absolute Gasteiger partial charge is 0.0835 e. The molecule has 5 nitrogen and oxygen atoms in total. The number of nitrogens with zero attached hydrogens (tertiary/aromatic N) is 2. The molecule has 0 aliphatic rings. The van der Waals surface area contributed by atoms with E-state index in [4.69, 9.17) is 26.8 Å². The second kappa shape index (κ2) is 6.70. The molecule has 1 aromatic heterocycles. The van der Waals surface area contributed by atoms with Crippen LogP contribution in [0.25, 0.3) is 0 Å². The molecule has 0 aliphatic carbocycles. The van der Waals surface area contributed by atoms with E-state index in [0.29, 0.717) is 18.2 Å². The standard InChI is InChI=1S/C13H24ClN3O2/c1-13(2,3)12(19-5)10(15)11-9(14)8-16-17(11)6-7-18-4/h8,10,12H,6-7,15H2,1-5H3. The highest BCUT2D eigenvalue weighted by Gasteiger charge is 2.34. The van der Waals surface area contributed by atoms with Crippen molar-refractivity contribution in [2.45, 2.75) is 39.5 Å². The first-order chi connectivity index (χ1) is 8.82. The van der Waals surface area contributed by atoms with E-state index in [1.165, 1.54) is 0 Å². The Labute approximate surface area is 120 Å². The summed E-state index contributed by atoms with van der Waals surface area (Å²) in [5, 5.41) is 4.81. The molecule has 0 aliphatic heterocycles. The van der Waals surface area contributed by atoms with Gasteiger partial charge in [0.1, 0.15) is 0 Å². The molecule has 0 bridgehead atoms. The van der Waals surface area contributed by atoms with Crippen LogP contribution in [0, 0.1) is 5.41 Å². The van der Waals surface area contributed by atoms with E-state index in [2.05, 4.69) is 25.9 Å². The van der Waals surface area contributed by atoms with E-state index in [1.807, 2.05) is 0 Å². The predicted molar refractivity (Wildman–Crippen MR) is 76.3 cm³/mol. The van der Waals surface area contributed by atoms with Crippen LogP contribution in [-0.4, -0.2) is 36.7 Å². The van der Waals surface area contributed by atoms with Crippen LogP contribution in [0.4, 0.5) is 0 Å². The van der Waals surface area contributed by atoms with Crippen LogP contribution in [0.15, 0.2) is 6.20 Å². The van der Waals surface area contributed by atoms with Crippen molar-refractivity contribution in [3.05, 3.63) is 16.9 Å². The summed E-state index contributed by atoms with van der Waals surface area (Å²) in [6, 6.07) is -0.336. The van der Waals surface area contributed by atoms with Crippen LogP contribution in [0.1, 0.15) is 32.5 Å². The normalized spacial score (nSPS) is 15.5. The molecule has 2 N–H and O–H groups in total. The van der Waals surface area contributed by atoms with Crippen molar-refractivity contribution in [2.75, 3.05) is 20.8 Å². The van der Waals surface area contributed by atoms with Crippen molar-refractivity contribution in [3.63, 3.8) is 0 Å². The van der Waals surface area contributed by atoms with Crippen molar-refractivity contribution in [1.29, 1.82) is 0 Å². The van der Waals surface area contributed by atoms with Gasteiger partial charge in [-0.2, -0.15) is 5.10 Å². The summed E-state index contributed by atoms with van der Waals surface area (Å²) in [7, 11) is 3.32. The lowest BCUT2D eigenvalue weighted by molar-refractivity contribution is -0.00451. The van der Waals surface area contributed by atoms with Gasteiger partial charge in [-0.3, -0.25) is 4.68 Å². The minimum atomic E-state index is -0.336. The van der Waals surface area contributed by atoms with Crippen LogP contribution in [-0.2, 0) is 16.0 Å². The highest BCUT2D eigenvalue weighted by Crippen LogP contribution is 2.33. The summed E-state index contributed by atoms with van der Waals surface area (Å²) in [5.41, 5.74) is 7.05. The fraction of sp³-hybridized carbons (Fsp3) is 0.769. The number of nitrogens with two attached hydrogens (primary N) is 1. The molecule has 2 atom stereocenters. The number of halogens is 1. The highest BCUT2D eigenvalue weighted by atomic mass is 35.5. The number of ether oxygens (including phenoxy) is 2. The Hall–Kier alpha value is -0.620. The third kappa shape index (κ3) is 3.92. The summed E-state index contributed by atoms with van der Waals surface area (Å²) < 4.78 is 12.4. The lowest BCUT2D eigenvalue weighted by atomic mass is 9.83. The largest absolute Gasteiger partial charge is 0.383 e. The van der Waals surface area contributed by atoms with Gasteiger partial charge in [0.25, 0.3) is 0 Å². The highest BCUT2D eigenvalue weighted by molar-refractivity contribution is 6.31. The van der Waals surface area contributed by atoms with E-state index in [-0.39, 0.29) is 17.6 Å². The summed E-state index contributed by atoms with van der Waals surface area (Å²) in [6.45, 7) is 7.44. The number of rotatable bonds is 6. The quantitative estimate of drug-likeness (QED) is 0.872. The summed E-state index contributed by atoms with van der Waals surface area (Å²) in [5.74, 6) is 0. The molecule has 2 unspecified atom stereocenters. The van der Waals surface area contributed by atoms with Gasteiger partial charge in [-0.15, -0.1) is 0 Å². The number of hydrogen-bond acceptors (Lipinski definition) is 4. The van der Waals surface area contributed by atoms with E-state index in [0.717, 1.165) is 5.69 Å². The fourth-order valence-electron chi connectivity index (χ4n) is 2.24. The first kappa shape index (κ1) is 16.4. The number of methoxy groups -OCH3 is 2. The molecular formula is C13H24ClN3O2. The maximum Gasteiger partial charge on any atom is 0.0835 e. The van der Waals surface area contributed by atoms with Crippen LogP contribution in [0.3, 0.4) is 0 Å².